The maximum absolute atomic E-state index is 12.4. The SMILES string of the molecule is O=C(c1ccccc1Br)N1CCC(OCCO)CC1. The van der Waals surface area contributed by atoms with Gasteiger partial charge in [0.15, 0.2) is 0 Å². The summed E-state index contributed by atoms with van der Waals surface area (Å²) in [7, 11) is 0. The highest BCUT2D eigenvalue weighted by atomic mass is 79.9. The van der Waals surface area contributed by atoms with Crippen LogP contribution in [0, 0.1) is 0 Å². The molecule has 5 heteroatoms. The Labute approximate surface area is 121 Å². The Morgan fingerprint density at radius 2 is 2.05 bits per heavy atom. The number of hydrogen-bond donors (Lipinski definition) is 1. The summed E-state index contributed by atoms with van der Waals surface area (Å²) >= 11 is 3.41. The summed E-state index contributed by atoms with van der Waals surface area (Å²) in [5.74, 6) is 0.0630. The van der Waals surface area contributed by atoms with Crippen molar-refractivity contribution in [1.82, 2.24) is 4.90 Å². The van der Waals surface area contributed by atoms with E-state index in [-0.39, 0.29) is 18.6 Å². The highest BCUT2D eigenvalue weighted by Gasteiger charge is 2.24. The Kier molecular flexibility index (Phi) is 5.36. The molecule has 1 aliphatic rings. The molecule has 1 amide bonds. The predicted molar refractivity (Wildman–Crippen MR) is 76.1 cm³/mol. The van der Waals surface area contributed by atoms with Crippen LogP contribution in [0.4, 0.5) is 0 Å². The van der Waals surface area contributed by atoms with Crippen LogP contribution in [0.1, 0.15) is 23.2 Å². The molecule has 19 heavy (non-hydrogen) atoms. The number of aliphatic hydroxyl groups excluding tert-OH is 1. The van der Waals surface area contributed by atoms with Crippen LogP contribution >= 0.6 is 15.9 Å². The van der Waals surface area contributed by atoms with Crippen molar-refractivity contribution in [2.75, 3.05) is 26.3 Å². The van der Waals surface area contributed by atoms with Gasteiger partial charge in [0.05, 0.1) is 24.9 Å². The summed E-state index contributed by atoms with van der Waals surface area (Å²) in [4.78, 5) is 14.2. The van der Waals surface area contributed by atoms with Crippen molar-refractivity contribution in [3.8, 4) is 0 Å². The van der Waals surface area contributed by atoms with Crippen molar-refractivity contribution >= 4 is 21.8 Å². The topological polar surface area (TPSA) is 49.8 Å². The highest BCUT2D eigenvalue weighted by molar-refractivity contribution is 9.10. The number of ether oxygens (including phenoxy) is 1. The van der Waals surface area contributed by atoms with E-state index in [0.29, 0.717) is 25.3 Å². The van der Waals surface area contributed by atoms with Crippen molar-refractivity contribution in [2.45, 2.75) is 18.9 Å². The van der Waals surface area contributed by atoms with Crippen molar-refractivity contribution in [3.63, 3.8) is 0 Å². The molecule has 1 aromatic rings. The number of halogens is 1. The molecule has 0 unspecified atom stereocenters. The maximum Gasteiger partial charge on any atom is 0.255 e. The zero-order valence-electron chi connectivity index (χ0n) is 10.7. The minimum Gasteiger partial charge on any atom is -0.394 e. The van der Waals surface area contributed by atoms with Gasteiger partial charge in [-0.2, -0.15) is 0 Å². The van der Waals surface area contributed by atoms with Crippen LogP contribution in [-0.2, 0) is 4.74 Å². The van der Waals surface area contributed by atoms with Gasteiger partial charge in [0.25, 0.3) is 5.91 Å². The van der Waals surface area contributed by atoms with Crippen LogP contribution in [0.5, 0.6) is 0 Å². The molecule has 0 saturated carbocycles. The molecular formula is C14H18BrNO3. The van der Waals surface area contributed by atoms with E-state index in [9.17, 15) is 4.79 Å². The number of amides is 1. The van der Waals surface area contributed by atoms with Gasteiger partial charge >= 0.3 is 0 Å². The van der Waals surface area contributed by atoms with Crippen LogP contribution in [0.3, 0.4) is 0 Å². The summed E-state index contributed by atoms with van der Waals surface area (Å²) < 4.78 is 6.32. The molecule has 1 saturated heterocycles. The molecule has 1 N–H and O–H groups in total. The highest BCUT2D eigenvalue weighted by Crippen LogP contribution is 2.21. The third kappa shape index (κ3) is 3.78. The van der Waals surface area contributed by atoms with Crippen molar-refractivity contribution in [2.24, 2.45) is 0 Å². The summed E-state index contributed by atoms with van der Waals surface area (Å²) in [6, 6.07) is 7.48. The van der Waals surface area contributed by atoms with Gasteiger partial charge in [-0.3, -0.25) is 4.79 Å². The zero-order chi connectivity index (χ0) is 13.7. The Balaban J connectivity index is 1.91. The number of carbonyl (C=O) groups excluding carboxylic acids is 1. The maximum atomic E-state index is 12.4. The molecule has 2 rings (SSSR count). The Bertz CT molecular complexity index is 430. The van der Waals surface area contributed by atoms with Crippen molar-refractivity contribution in [3.05, 3.63) is 34.3 Å². The minimum absolute atomic E-state index is 0.0517. The fourth-order valence-electron chi connectivity index (χ4n) is 2.25. The van der Waals surface area contributed by atoms with Gasteiger partial charge in [0.2, 0.25) is 0 Å². The molecule has 1 aromatic carbocycles. The average molecular weight is 328 g/mol. The fraction of sp³-hybridized carbons (Fsp3) is 0.500. The molecule has 0 spiro atoms. The normalized spacial score (nSPS) is 16.6. The molecule has 0 aromatic heterocycles. The lowest BCUT2D eigenvalue weighted by molar-refractivity contribution is -0.00555. The number of aliphatic hydroxyl groups is 1. The van der Waals surface area contributed by atoms with E-state index in [4.69, 9.17) is 9.84 Å². The number of rotatable bonds is 4. The fourth-order valence-corrected chi connectivity index (χ4v) is 2.70. The third-order valence-electron chi connectivity index (χ3n) is 3.28. The van der Waals surface area contributed by atoms with Gasteiger partial charge in [0, 0.05) is 17.6 Å². The second-order valence-electron chi connectivity index (χ2n) is 4.57. The molecule has 0 bridgehead atoms. The van der Waals surface area contributed by atoms with Crippen LogP contribution in [0.25, 0.3) is 0 Å². The number of benzene rings is 1. The molecule has 1 heterocycles. The van der Waals surface area contributed by atoms with E-state index in [1.54, 1.807) is 0 Å². The molecule has 0 aliphatic carbocycles. The molecule has 4 nitrogen and oxygen atoms in total. The van der Waals surface area contributed by atoms with Crippen molar-refractivity contribution < 1.29 is 14.6 Å². The Morgan fingerprint density at radius 1 is 1.37 bits per heavy atom. The van der Waals surface area contributed by atoms with Gasteiger partial charge in [0.1, 0.15) is 0 Å². The van der Waals surface area contributed by atoms with Gasteiger partial charge in [-0.25, -0.2) is 0 Å². The number of piperidine rings is 1. The Hall–Kier alpha value is -0.910. The standard InChI is InChI=1S/C14H18BrNO3/c15-13-4-2-1-3-12(13)14(18)16-7-5-11(6-8-16)19-10-9-17/h1-4,11,17H,5-10H2. The van der Waals surface area contributed by atoms with Crippen LogP contribution < -0.4 is 0 Å². The quantitative estimate of drug-likeness (QED) is 0.920. The lowest BCUT2D eigenvalue weighted by atomic mass is 10.1. The lowest BCUT2D eigenvalue weighted by Crippen LogP contribution is -2.41. The number of carbonyl (C=O) groups is 1. The number of nitrogens with zero attached hydrogens (tertiary/aromatic N) is 1. The smallest absolute Gasteiger partial charge is 0.255 e. The first kappa shape index (κ1) is 14.5. The molecule has 0 radical (unpaired) electrons. The van der Waals surface area contributed by atoms with Crippen LogP contribution in [0.2, 0.25) is 0 Å². The minimum atomic E-state index is 0.0517. The van der Waals surface area contributed by atoms with Gasteiger partial charge in [-0.1, -0.05) is 12.1 Å². The third-order valence-corrected chi connectivity index (χ3v) is 3.97. The summed E-state index contributed by atoms with van der Waals surface area (Å²) in [5.41, 5.74) is 0.706. The monoisotopic (exact) mass is 327 g/mol. The number of hydrogen-bond acceptors (Lipinski definition) is 3. The first-order valence-corrected chi connectivity index (χ1v) is 7.28. The van der Waals surface area contributed by atoms with E-state index < -0.39 is 0 Å². The van der Waals surface area contributed by atoms with E-state index in [0.717, 1.165) is 17.3 Å². The lowest BCUT2D eigenvalue weighted by Gasteiger charge is -2.32. The van der Waals surface area contributed by atoms with Crippen molar-refractivity contribution in [1.29, 1.82) is 0 Å². The van der Waals surface area contributed by atoms with E-state index in [1.165, 1.54) is 0 Å². The number of likely N-dealkylation sites (tertiary alicyclic amines) is 1. The molecule has 1 aliphatic heterocycles. The molecule has 0 atom stereocenters. The van der Waals surface area contributed by atoms with Gasteiger partial charge in [-0.05, 0) is 40.9 Å². The average Bonchev–Trinajstić information content (AvgIpc) is 2.45. The predicted octanol–water partition coefficient (Wildman–Crippen LogP) is 2.06. The van der Waals surface area contributed by atoms with Crippen LogP contribution in [0.15, 0.2) is 28.7 Å². The first-order valence-electron chi connectivity index (χ1n) is 6.48. The summed E-state index contributed by atoms with van der Waals surface area (Å²) in [6.07, 6.45) is 1.82. The molecule has 104 valence electrons. The van der Waals surface area contributed by atoms with Crippen LogP contribution in [-0.4, -0.2) is 48.3 Å². The molecular weight excluding hydrogens is 310 g/mol. The second-order valence-corrected chi connectivity index (χ2v) is 5.42. The first-order chi connectivity index (χ1) is 9.22. The Morgan fingerprint density at radius 3 is 2.68 bits per heavy atom. The zero-order valence-corrected chi connectivity index (χ0v) is 12.3. The largest absolute Gasteiger partial charge is 0.394 e. The summed E-state index contributed by atoms with van der Waals surface area (Å²) in [6.45, 7) is 1.84. The van der Waals surface area contributed by atoms with E-state index >= 15 is 0 Å². The second kappa shape index (κ2) is 7.03. The summed E-state index contributed by atoms with van der Waals surface area (Å²) in [5, 5.41) is 8.72. The van der Waals surface area contributed by atoms with Gasteiger partial charge in [-0.15, -0.1) is 0 Å². The van der Waals surface area contributed by atoms with E-state index in [1.807, 2.05) is 29.2 Å². The van der Waals surface area contributed by atoms with E-state index in [2.05, 4.69) is 15.9 Å². The molecule has 1 fully saturated rings. The van der Waals surface area contributed by atoms with Gasteiger partial charge < -0.3 is 14.7 Å².